The molecule has 0 aliphatic heterocycles. The van der Waals surface area contributed by atoms with Crippen molar-refractivity contribution in [3.8, 4) is 0 Å². The van der Waals surface area contributed by atoms with Crippen LogP contribution in [0.4, 0.5) is 0 Å². The lowest BCUT2D eigenvalue weighted by atomic mass is 10.4. The van der Waals surface area contributed by atoms with Crippen LogP contribution in [0.5, 0.6) is 0 Å². The van der Waals surface area contributed by atoms with Gasteiger partial charge in [-0.3, -0.25) is 0 Å². The molecule has 0 fully saturated rings. The van der Waals surface area contributed by atoms with Crippen LogP contribution in [-0.2, 0) is 9.84 Å². The zero-order chi connectivity index (χ0) is 12.0. The van der Waals surface area contributed by atoms with Gasteiger partial charge in [0.25, 0.3) is 0 Å². The molecule has 0 aromatic heterocycles. The van der Waals surface area contributed by atoms with E-state index in [9.17, 15) is 8.42 Å². The first-order valence-electron chi connectivity index (χ1n) is 4.73. The van der Waals surface area contributed by atoms with Crippen molar-refractivity contribution in [2.45, 2.75) is 4.90 Å². The van der Waals surface area contributed by atoms with Crippen LogP contribution in [0.25, 0.3) is 0 Å². The molecule has 0 bridgehead atoms. The predicted molar refractivity (Wildman–Crippen MR) is 67.9 cm³/mol. The Morgan fingerprint density at radius 3 is 2.38 bits per heavy atom. The third-order valence-corrected chi connectivity index (χ3v) is 5.11. The van der Waals surface area contributed by atoms with E-state index in [1.54, 1.807) is 12.1 Å². The molecule has 0 atom stereocenters. The summed E-state index contributed by atoms with van der Waals surface area (Å²) in [6.07, 6.45) is 0. The number of benzene rings is 1. The summed E-state index contributed by atoms with van der Waals surface area (Å²) in [5.41, 5.74) is 0. The summed E-state index contributed by atoms with van der Waals surface area (Å²) in [5.74, 6) is 1.14. The number of rotatable bonds is 6. The Morgan fingerprint density at radius 2 is 1.81 bits per heavy atom. The Labute approximate surface area is 105 Å². The van der Waals surface area contributed by atoms with Crippen LogP contribution in [-0.4, -0.2) is 37.4 Å². The second kappa shape index (κ2) is 6.49. The highest BCUT2D eigenvalue weighted by Gasteiger charge is 2.13. The van der Waals surface area contributed by atoms with Gasteiger partial charge in [-0.05, 0) is 24.3 Å². The molecule has 0 saturated heterocycles. The van der Waals surface area contributed by atoms with Gasteiger partial charge in [-0.15, -0.1) is 0 Å². The van der Waals surface area contributed by atoms with Crippen molar-refractivity contribution >= 4 is 33.2 Å². The van der Waals surface area contributed by atoms with E-state index in [0.29, 0.717) is 21.4 Å². The summed E-state index contributed by atoms with van der Waals surface area (Å²) >= 11 is 7.10. The second-order valence-corrected chi connectivity index (χ2v) is 6.88. The minimum atomic E-state index is -3.22. The fourth-order valence-electron chi connectivity index (χ4n) is 1.10. The van der Waals surface area contributed by atoms with Gasteiger partial charge in [0.15, 0.2) is 9.84 Å². The average Bonchev–Trinajstić information content (AvgIpc) is 2.25. The Bertz CT molecular complexity index is 414. The van der Waals surface area contributed by atoms with Crippen molar-refractivity contribution in [1.29, 1.82) is 0 Å². The van der Waals surface area contributed by atoms with E-state index in [-0.39, 0.29) is 12.4 Å². The van der Waals surface area contributed by atoms with E-state index in [0.717, 1.165) is 0 Å². The molecule has 0 spiro atoms. The van der Waals surface area contributed by atoms with Gasteiger partial charge in [-0.25, -0.2) is 8.42 Å². The Hall–Kier alpha value is -0.230. The topological polar surface area (TPSA) is 54.4 Å². The largest absolute Gasteiger partial charge is 0.396 e. The lowest BCUT2D eigenvalue weighted by molar-refractivity contribution is 0.322. The van der Waals surface area contributed by atoms with Gasteiger partial charge in [-0.1, -0.05) is 11.6 Å². The highest BCUT2D eigenvalue weighted by Crippen LogP contribution is 2.16. The molecule has 0 aliphatic rings. The summed E-state index contributed by atoms with van der Waals surface area (Å²) in [6.45, 7) is 0.0751. The van der Waals surface area contributed by atoms with Crippen molar-refractivity contribution in [3.63, 3.8) is 0 Å². The molecular weight excluding hydrogens is 268 g/mol. The third kappa shape index (κ3) is 4.33. The number of thioether (sulfide) groups is 1. The summed E-state index contributed by atoms with van der Waals surface area (Å²) in [7, 11) is -3.22. The van der Waals surface area contributed by atoms with Gasteiger partial charge in [0, 0.05) is 16.5 Å². The van der Waals surface area contributed by atoms with Crippen LogP contribution in [0.3, 0.4) is 0 Å². The number of hydrogen-bond acceptors (Lipinski definition) is 4. The number of halogens is 1. The maximum atomic E-state index is 11.8. The third-order valence-electron chi connectivity index (χ3n) is 1.90. The molecule has 1 aromatic rings. The molecule has 1 aromatic carbocycles. The summed E-state index contributed by atoms with van der Waals surface area (Å²) < 4.78 is 23.6. The van der Waals surface area contributed by atoms with Gasteiger partial charge in [0.1, 0.15) is 0 Å². The van der Waals surface area contributed by atoms with E-state index < -0.39 is 9.84 Å². The minimum Gasteiger partial charge on any atom is -0.396 e. The van der Waals surface area contributed by atoms with E-state index in [2.05, 4.69) is 0 Å². The zero-order valence-electron chi connectivity index (χ0n) is 8.60. The average molecular weight is 281 g/mol. The molecule has 3 nitrogen and oxygen atoms in total. The van der Waals surface area contributed by atoms with Crippen LogP contribution >= 0.6 is 23.4 Å². The van der Waals surface area contributed by atoms with Crippen LogP contribution in [0.15, 0.2) is 29.2 Å². The molecule has 6 heteroatoms. The van der Waals surface area contributed by atoms with Crippen molar-refractivity contribution in [1.82, 2.24) is 0 Å². The number of hydrogen-bond donors (Lipinski definition) is 1. The summed E-state index contributed by atoms with van der Waals surface area (Å²) in [4.78, 5) is 0.293. The standard InChI is InChI=1S/C10H13ClO3S2/c11-9-1-3-10(4-2-9)16(13,14)8-7-15-6-5-12/h1-4,12H,5-8H2. The van der Waals surface area contributed by atoms with Crippen molar-refractivity contribution in [2.24, 2.45) is 0 Å². The second-order valence-electron chi connectivity index (χ2n) is 3.11. The van der Waals surface area contributed by atoms with Gasteiger partial charge >= 0.3 is 0 Å². The van der Waals surface area contributed by atoms with Crippen LogP contribution in [0, 0.1) is 0 Å². The summed E-state index contributed by atoms with van der Waals surface area (Å²) in [6, 6.07) is 6.15. The maximum Gasteiger partial charge on any atom is 0.179 e. The first kappa shape index (κ1) is 13.8. The highest BCUT2D eigenvalue weighted by molar-refractivity contribution is 8.00. The molecule has 0 saturated carbocycles. The van der Waals surface area contributed by atoms with Crippen LogP contribution < -0.4 is 0 Å². The van der Waals surface area contributed by atoms with E-state index in [1.165, 1.54) is 23.9 Å². The Morgan fingerprint density at radius 1 is 1.19 bits per heavy atom. The number of aliphatic hydroxyl groups excluding tert-OH is 1. The molecule has 0 heterocycles. The molecule has 90 valence electrons. The van der Waals surface area contributed by atoms with Crippen molar-refractivity contribution < 1.29 is 13.5 Å². The Balaban J connectivity index is 2.60. The molecule has 0 amide bonds. The molecular formula is C10H13ClO3S2. The Kier molecular flexibility index (Phi) is 5.61. The monoisotopic (exact) mass is 280 g/mol. The fourth-order valence-corrected chi connectivity index (χ4v) is 3.69. The molecule has 1 N–H and O–H groups in total. The van der Waals surface area contributed by atoms with Crippen molar-refractivity contribution in [3.05, 3.63) is 29.3 Å². The smallest absolute Gasteiger partial charge is 0.179 e. The quantitative estimate of drug-likeness (QED) is 0.808. The minimum absolute atomic E-state index is 0.0751. The van der Waals surface area contributed by atoms with Gasteiger partial charge < -0.3 is 5.11 Å². The molecule has 0 aliphatic carbocycles. The fraction of sp³-hybridized carbons (Fsp3) is 0.400. The first-order chi connectivity index (χ1) is 7.56. The van der Waals surface area contributed by atoms with Gasteiger partial charge in [0.2, 0.25) is 0 Å². The predicted octanol–water partition coefficient (Wildman–Crippen LogP) is 1.84. The number of sulfone groups is 1. The number of aliphatic hydroxyl groups is 1. The van der Waals surface area contributed by atoms with Crippen LogP contribution in [0.2, 0.25) is 5.02 Å². The maximum absolute atomic E-state index is 11.8. The molecule has 16 heavy (non-hydrogen) atoms. The van der Waals surface area contributed by atoms with E-state index in [4.69, 9.17) is 16.7 Å². The SMILES string of the molecule is O=S(=O)(CCSCCO)c1ccc(Cl)cc1. The molecule has 0 unspecified atom stereocenters. The van der Waals surface area contributed by atoms with Gasteiger partial charge in [-0.2, -0.15) is 11.8 Å². The van der Waals surface area contributed by atoms with E-state index >= 15 is 0 Å². The van der Waals surface area contributed by atoms with Crippen LogP contribution in [0.1, 0.15) is 0 Å². The first-order valence-corrected chi connectivity index (χ1v) is 7.91. The highest BCUT2D eigenvalue weighted by atomic mass is 35.5. The van der Waals surface area contributed by atoms with Gasteiger partial charge in [0.05, 0.1) is 17.3 Å². The summed E-state index contributed by atoms with van der Waals surface area (Å²) in [5, 5.41) is 9.08. The molecule has 1 rings (SSSR count). The zero-order valence-corrected chi connectivity index (χ0v) is 11.0. The lowest BCUT2D eigenvalue weighted by Crippen LogP contribution is -2.09. The van der Waals surface area contributed by atoms with Crippen molar-refractivity contribution in [2.75, 3.05) is 23.9 Å². The molecule has 0 radical (unpaired) electrons. The lowest BCUT2D eigenvalue weighted by Gasteiger charge is -2.04. The normalized spacial score (nSPS) is 11.6. The van der Waals surface area contributed by atoms with E-state index in [1.807, 2.05) is 0 Å².